The van der Waals surface area contributed by atoms with Crippen LogP contribution in [0.4, 0.5) is 0 Å². The molecule has 9 heteroatoms. The van der Waals surface area contributed by atoms with Gasteiger partial charge in [-0.1, -0.05) is 35.3 Å². The van der Waals surface area contributed by atoms with Crippen LogP contribution in [0.15, 0.2) is 53.4 Å². The van der Waals surface area contributed by atoms with Crippen molar-refractivity contribution in [2.75, 3.05) is 6.61 Å². The fourth-order valence-electron chi connectivity index (χ4n) is 1.54. The first-order valence-electron chi connectivity index (χ1n) is 6.32. The van der Waals surface area contributed by atoms with Gasteiger partial charge in [-0.15, -0.1) is 4.83 Å². The molecule has 0 aliphatic rings. The number of nitrogens with one attached hydrogen (secondary N) is 2. The highest BCUT2D eigenvalue weighted by molar-refractivity contribution is 7.89. The topological polar surface area (TPSA) is 84.5 Å². The molecule has 0 bridgehead atoms. The maximum atomic E-state index is 11.9. The maximum Gasteiger partial charge on any atom is 0.272 e. The van der Waals surface area contributed by atoms with Gasteiger partial charge in [0.05, 0.1) is 9.92 Å². The van der Waals surface area contributed by atoms with Crippen LogP contribution in [0.2, 0.25) is 10.0 Å². The van der Waals surface area contributed by atoms with E-state index in [-0.39, 0.29) is 4.90 Å². The highest BCUT2D eigenvalue weighted by atomic mass is 35.5. The third-order valence-corrected chi connectivity index (χ3v) is 4.47. The second kappa shape index (κ2) is 7.65. The lowest BCUT2D eigenvalue weighted by atomic mass is 10.3. The zero-order valence-electron chi connectivity index (χ0n) is 11.6. The van der Waals surface area contributed by atoms with E-state index < -0.39 is 22.5 Å². The number of ether oxygens (including phenoxy) is 1. The summed E-state index contributed by atoms with van der Waals surface area (Å²) < 4.78 is 29.1. The van der Waals surface area contributed by atoms with E-state index in [9.17, 15) is 13.2 Å². The fraction of sp³-hybridized carbons (Fsp3) is 0.0714. The van der Waals surface area contributed by atoms with Crippen LogP contribution in [0.1, 0.15) is 0 Å². The summed E-state index contributed by atoms with van der Waals surface area (Å²) in [4.78, 5) is 13.6. The van der Waals surface area contributed by atoms with Crippen molar-refractivity contribution >= 4 is 39.1 Å². The quantitative estimate of drug-likeness (QED) is 0.760. The van der Waals surface area contributed by atoms with Gasteiger partial charge in [0.2, 0.25) is 0 Å². The predicted molar refractivity (Wildman–Crippen MR) is 86.9 cm³/mol. The maximum absolute atomic E-state index is 11.9. The Labute approximate surface area is 143 Å². The van der Waals surface area contributed by atoms with Crippen molar-refractivity contribution < 1.29 is 17.9 Å². The van der Waals surface area contributed by atoms with Gasteiger partial charge in [0, 0.05) is 5.02 Å². The van der Waals surface area contributed by atoms with Gasteiger partial charge < -0.3 is 4.74 Å². The second-order valence-corrected chi connectivity index (χ2v) is 6.85. The molecule has 0 heterocycles. The van der Waals surface area contributed by atoms with Gasteiger partial charge in [0.25, 0.3) is 15.9 Å². The van der Waals surface area contributed by atoms with Crippen LogP contribution in [-0.2, 0) is 14.8 Å². The zero-order valence-corrected chi connectivity index (χ0v) is 14.0. The molecule has 2 N–H and O–H groups in total. The summed E-state index contributed by atoms with van der Waals surface area (Å²) in [5.74, 6) is -0.354. The van der Waals surface area contributed by atoms with E-state index >= 15 is 0 Å². The molecule has 0 aliphatic carbocycles. The number of benzene rings is 2. The normalized spacial score (nSPS) is 11.0. The lowest BCUT2D eigenvalue weighted by Crippen LogP contribution is -2.43. The minimum absolute atomic E-state index is 0.0331. The van der Waals surface area contributed by atoms with E-state index in [4.69, 9.17) is 27.9 Å². The molecule has 0 aliphatic heterocycles. The van der Waals surface area contributed by atoms with E-state index in [2.05, 4.69) is 0 Å². The SMILES string of the molecule is O=C(COc1ccccc1Cl)NNS(=O)(=O)c1ccc(Cl)cc1. The Kier molecular flexibility index (Phi) is 5.84. The van der Waals surface area contributed by atoms with Gasteiger partial charge in [-0.25, -0.2) is 8.42 Å². The van der Waals surface area contributed by atoms with Crippen LogP contribution in [0.5, 0.6) is 5.75 Å². The van der Waals surface area contributed by atoms with E-state index in [1.807, 2.05) is 10.3 Å². The summed E-state index contributed by atoms with van der Waals surface area (Å²) in [6.07, 6.45) is 0. The molecule has 0 radical (unpaired) electrons. The average molecular weight is 375 g/mol. The molecular weight excluding hydrogens is 363 g/mol. The summed E-state index contributed by atoms with van der Waals surface area (Å²) in [6, 6.07) is 12.1. The number of carbonyl (C=O) groups is 1. The summed E-state index contributed by atoms with van der Waals surface area (Å²) in [5, 5.41) is 0.753. The molecule has 0 spiro atoms. The van der Waals surface area contributed by atoms with Crippen molar-refractivity contribution in [3.63, 3.8) is 0 Å². The van der Waals surface area contributed by atoms with Crippen LogP contribution in [0.3, 0.4) is 0 Å². The summed E-state index contributed by atoms with van der Waals surface area (Å²) in [7, 11) is -3.89. The van der Waals surface area contributed by atoms with Gasteiger partial charge in [-0.3, -0.25) is 10.2 Å². The number of hydrazine groups is 1. The van der Waals surface area contributed by atoms with Gasteiger partial charge in [0.15, 0.2) is 6.61 Å². The van der Waals surface area contributed by atoms with Crippen molar-refractivity contribution in [1.82, 2.24) is 10.3 Å². The molecule has 2 aromatic carbocycles. The number of amides is 1. The van der Waals surface area contributed by atoms with E-state index in [1.165, 1.54) is 24.3 Å². The largest absolute Gasteiger partial charge is 0.482 e. The first-order chi connectivity index (χ1) is 10.9. The number of halogens is 2. The van der Waals surface area contributed by atoms with Crippen LogP contribution >= 0.6 is 23.2 Å². The molecule has 2 rings (SSSR count). The van der Waals surface area contributed by atoms with Crippen molar-refractivity contribution in [3.8, 4) is 5.75 Å². The highest BCUT2D eigenvalue weighted by Gasteiger charge is 2.15. The fourth-order valence-corrected chi connectivity index (χ4v) is 2.71. The zero-order chi connectivity index (χ0) is 16.9. The number of rotatable bonds is 6. The van der Waals surface area contributed by atoms with Crippen molar-refractivity contribution in [2.45, 2.75) is 4.90 Å². The third kappa shape index (κ3) is 5.11. The number of carbonyl (C=O) groups excluding carboxylic acids is 1. The van der Waals surface area contributed by atoms with Gasteiger partial charge in [0.1, 0.15) is 5.75 Å². The Bertz CT molecular complexity index is 795. The average Bonchev–Trinajstić information content (AvgIpc) is 2.53. The second-order valence-electron chi connectivity index (χ2n) is 4.33. The first kappa shape index (κ1) is 17.6. The Balaban J connectivity index is 1.89. The van der Waals surface area contributed by atoms with Crippen molar-refractivity contribution in [1.29, 1.82) is 0 Å². The lowest BCUT2D eigenvalue weighted by Gasteiger charge is -2.10. The standard InChI is InChI=1S/C14H12Cl2N2O4S/c15-10-5-7-11(8-6-10)23(20,21)18-17-14(19)9-22-13-4-2-1-3-12(13)16/h1-8,18H,9H2,(H,17,19). The molecule has 0 atom stereocenters. The van der Waals surface area contributed by atoms with Crippen molar-refractivity contribution in [3.05, 3.63) is 58.6 Å². The van der Waals surface area contributed by atoms with Gasteiger partial charge in [-0.2, -0.15) is 0 Å². The number of para-hydroxylation sites is 1. The van der Waals surface area contributed by atoms with Crippen LogP contribution in [-0.4, -0.2) is 20.9 Å². The smallest absolute Gasteiger partial charge is 0.272 e. The van der Waals surface area contributed by atoms with Crippen molar-refractivity contribution in [2.24, 2.45) is 0 Å². The Morgan fingerprint density at radius 1 is 1.04 bits per heavy atom. The Morgan fingerprint density at radius 3 is 2.35 bits per heavy atom. The molecule has 0 saturated heterocycles. The Hall–Kier alpha value is -1.80. The van der Waals surface area contributed by atoms with Gasteiger partial charge in [-0.05, 0) is 36.4 Å². The lowest BCUT2D eigenvalue weighted by molar-refractivity contribution is -0.123. The predicted octanol–water partition coefficient (Wildman–Crippen LogP) is 2.38. The molecule has 23 heavy (non-hydrogen) atoms. The highest BCUT2D eigenvalue weighted by Crippen LogP contribution is 2.22. The number of hydrogen-bond acceptors (Lipinski definition) is 4. The van der Waals surface area contributed by atoms with Crippen LogP contribution in [0, 0.1) is 0 Å². The molecule has 0 fully saturated rings. The minimum atomic E-state index is -3.89. The Morgan fingerprint density at radius 2 is 1.70 bits per heavy atom. The molecule has 0 aromatic heterocycles. The number of sulfonamides is 1. The molecular formula is C14H12Cl2N2O4S. The monoisotopic (exact) mass is 374 g/mol. The third-order valence-electron chi connectivity index (χ3n) is 2.64. The summed E-state index contributed by atoms with van der Waals surface area (Å²) >= 11 is 11.6. The van der Waals surface area contributed by atoms with Crippen LogP contribution < -0.4 is 15.0 Å². The van der Waals surface area contributed by atoms with E-state index in [0.717, 1.165) is 0 Å². The first-order valence-corrected chi connectivity index (χ1v) is 8.56. The van der Waals surface area contributed by atoms with E-state index in [1.54, 1.807) is 24.3 Å². The summed E-state index contributed by atoms with van der Waals surface area (Å²) in [5.41, 5.74) is 2.05. The van der Waals surface area contributed by atoms with Gasteiger partial charge >= 0.3 is 0 Å². The molecule has 1 amide bonds. The molecule has 0 unspecified atom stereocenters. The molecule has 6 nitrogen and oxygen atoms in total. The molecule has 2 aromatic rings. The molecule has 122 valence electrons. The van der Waals surface area contributed by atoms with E-state index in [0.29, 0.717) is 15.8 Å². The number of hydrogen-bond donors (Lipinski definition) is 2. The molecule has 0 saturated carbocycles. The minimum Gasteiger partial charge on any atom is -0.482 e. The van der Waals surface area contributed by atoms with Crippen LogP contribution in [0.25, 0.3) is 0 Å². The summed E-state index contributed by atoms with van der Waals surface area (Å²) in [6.45, 7) is -0.396.